The molecule has 0 radical (unpaired) electrons. The van der Waals surface area contributed by atoms with E-state index in [1.165, 1.54) is 0 Å². The van der Waals surface area contributed by atoms with E-state index in [4.69, 9.17) is 0 Å². The Hall–Kier alpha value is -1.64. The molecule has 0 bridgehead atoms. The molecule has 2 fully saturated rings. The van der Waals surface area contributed by atoms with Crippen molar-refractivity contribution < 1.29 is 9.59 Å². The molecular weight excluding hydrogens is 238 g/mol. The fourth-order valence-electron chi connectivity index (χ4n) is 3.46. The predicted octanol–water partition coefficient (Wildman–Crippen LogP) is 2.62. The summed E-state index contributed by atoms with van der Waals surface area (Å²) in [5.74, 6) is -0.496. The van der Waals surface area contributed by atoms with Gasteiger partial charge in [0.05, 0.1) is 5.92 Å². The number of piperidine rings is 1. The van der Waals surface area contributed by atoms with Crippen LogP contribution in [-0.2, 0) is 9.59 Å². The number of nitrogens with one attached hydrogen (secondary N) is 1. The third kappa shape index (κ3) is 1.79. The van der Waals surface area contributed by atoms with Crippen LogP contribution in [0.4, 0.5) is 0 Å². The van der Waals surface area contributed by atoms with Crippen molar-refractivity contribution in [3.63, 3.8) is 0 Å². The van der Waals surface area contributed by atoms with Gasteiger partial charge in [0.2, 0.25) is 11.8 Å². The molecular formula is C16H19NO2. The molecule has 1 aliphatic carbocycles. The maximum absolute atomic E-state index is 12.4. The molecule has 2 unspecified atom stereocenters. The average molecular weight is 257 g/mol. The SMILES string of the molecule is CC1(C2(C)CC(=O)NC(=O)C2c2ccccc2)CC1. The van der Waals surface area contributed by atoms with Gasteiger partial charge in [-0.3, -0.25) is 14.9 Å². The molecule has 100 valence electrons. The first kappa shape index (κ1) is 12.4. The molecule has 1 saturated heterocycles. The van der Waals surface area contributed by atoms with E-state index in [9.17, 15) is 9.59 Å². The van der Waals surface area contributed by atoms with Gasteiger partial charge >= 0.3 is 0 Å². The maximum Gasteiger partial charge on any atom is 0.234 e. The van der Waals surface area contributed by atoms with Gasteiger partial charge in [0.25, 0.3) is 0 Å². The summed E-state index contributed by atoms with van der Waals surface area (Å²) in [5.41, 5.74) is 0.859. The number of amides is 2. The van der Waals surface area contributed by atoms with Crippen molar-refractivity contribution in [3.05, 3.63) is 35.9 Å². The number of hydrogen-bond acceptors (Lipinski definition) is 2. The van der Waals surface area contributed by atoms with Crippen LogP contribution in [0.1, 0.15) is 44.6 Å². The van der Waals surface area contributed by atoms with E-state index in [1.54, 1.807) is 0 Å². The second-order valence-electron chi connectivity index (χ2n) is 6.41. The van der Waals surface area contributed by atoms with Gasteiger partial charge in [0.1, 0.15) is 0 Å². The number of imide groups is 1. The van der Waals surface area contributed by atoms with E-state index in [0.29, 0.717) is 6.42 Å². The van der Waals surface area contributed by atoms with E-state index < -0.39 is 0 Å². The number of carbonyl (C=O) groups excluding carboxylic acids is 2. The molecule has 1 aromatic carbocycles. The molecule has 1 heterocycles. The third-order valence-electron chi connectivity index (χ3n) is 5.20. The van der Waals surface area contributed by atoms with Crippen LogP contribution in [0.5, 0.6) is 0 Å². The lowest BCUT2D eigenvalue weighted by atomic mass is 9.60. The molecule has 0 aromatic heterocycles. The molecule has 3 heteroatoms. The summed E-state index contributed by atoms with van der Waals surface area (Å²) in [6, 6.07) is 9.84. The van der Waals surface area contributed by atoms with E-state index in [-0.39, 0.29) is 28.6 Å². The van der Waals surface area contributed by atoms with Crippen LogP contribution >= 0.6 is 0 Å². The third-order valence-corrected chi connectivity index (χ3v) is 5.20. The second-order valence-corrected chi connectivity index (χ2v) is 6.41. The molecule has 2 amide bonds. The van der Waals surface area contributed by atoms with E-state index in [0.717, 1.165) is 18.4 Å². The fraction of sp³-hybridized carbons (Fsp3) is 0.500. The standard InChI is InChI=1S/C16H19NO2/c1-15(8-9-15)16(2)10-12(18)17-14(19)13(16)11-6-4-3-5-7-11/h3-7,13H,8-10H2,1-2H3,(H,17,18,19). The van der Waals surface area contributed by atoms with Crippen LogP contribution < -0.4 is 5.32 Å². The summed E-state index contributed by atoms with van der Waals surface area (Å²) in [6.07, 6.45) is 2.65. The van der Waals surface area contributed by atoms with Crippen molar-refractivity contribution in [2.24, 2.45) is 10.8 Å². The zero-order valence-corrected chi connectivity index (χ0v) is 11.4. The van der Waals surface area contributed by atoms with Gasteiger partial charge in [-0.2, -0.15) is 0 Å². The van der Waals surface area contributed by atoms with Crippen molar-refractivity contribution in [1.29, 1.82) is 0 Å². The largest absolute Gasteiger partial charge is 0.296 e. The van der Waals surface area contributed by atoms with Gasteiger partial charge < -0.3 is 0 Å². The van der Waals surface area contributed by atoms with Crippen molar-refractivity contribution in [2.45, 2.75) is 39.0 Å². The highest BCUT2D eigenvalue weighted by Crippen LogP contribution is 2.65. The van der Waals surface area contributed by atoms with Crippen molar-refractivity contribution in [3.8, 4) is 0 Å². The zero-order chi connectivity index (χ0) is 13.7. The number of benzene rings is 1. The molecule has 3 rings (SSSR count). The van der Waals surface area contributed by atoms with Crippen molar-refractivity contribution in [2.75, 3.05) is 0 Å². The highest BCUT2D eigenvalue weighted by Gasteiger charge is 2.61. The van der Waals surface area contributed by atoms with E-state index >= 15 is 0 Å². The summed E-state index contributed by atoms with van der Waals surface area (Å²) in [7, 11) is 0. The first-order valence-corrected chi connectivity index (χ1v) is 6.85. The maximum atomic E-state index is 12.4. The normalized spacial score (nSPS) is 32.8. The van der Waals surface area contributed by atoms with Crippen molar-refractivity contribution >= 4 is 11.8 Å². The highest BCUT2D eigenvalue weighted by molar-refractivity contribution is 6.02. The minimum atomic E-state index is -0.270. The molecule has 2 aliphatic rings. The molecule has 3 nitrogen and oxygen atoms in total. The Kier molecular flexibility index (Phi) is 2.56. The Labute approximate surface area is 113 Å². The van der Waals surface area contributed by atoms with Gasteiger partial charge in [-0.25, -0.2) is 0 Å². The summed E-state index contributed by atoms with van der Waals surface area (Å²) in [5, 5.41) is 2.51. The minimum absolute atomic E-state index is 0.112. The van der Waals surface area contributed by atoms with Gasteiger partial charge in [0, 0.05) is 6.42 Å². The molecule has 19 heavy (non-hydrogen) atoms. The van der Waals surface area contributed by atoms with Crippen LogP contribution in [0.15, 0.2) is 30.3 Å². The fourth-order valence-corrected chi connectivity index (χ4v) is 3.46. The van der Waals surface area contributed by atoms with Crippen LogP contribution in [0.2, 0.25) is 0 Å². The van der Waals surface area contributed by atoms with Gasteiger partial charge in [-0.1, -0.05) is 44.2 Å². The van der Waals surface area contributed by atoms with E-state index in [1.807, 2.05) is 30.3 Å². The first-order valence-electron chi connectivity index (χ1n) is 6.85. The summed E-state index contributed by atoms with van der Waals surface area (Å²) in [4.78, 5) is 24.2. The number of hydrogen-bond donors (Lipinski definition) is 1. The monoisotopic (exact) mass is 257 g/mol. The lowest BCUT2D eigenvalue weighted by Gasteiger charge is -2.45. The molecule has 1 N–H and O–H groups in total. The molecule has 0 spiro atoms. The van der Waals surface area contributed by atoms with Gasteiger partial charge in [0.15, 0.2) is 0 Å². The second kappa shape index (κ2) is 3.92. The first-order chi connectivity index (χ1) is 8.96. The topological polar surface area (TPSA) is 46.2 Å². The number of rotatable bonds is 2. The quantitative estimate of drug-likeness (QED) is 0.828. The number of carbonyl (C=O) groups is 2. The molecule has 1 saturated carbocycles. The predicted molar refractivity (Wildman–Crippen MR) is 72.4 cm³/mol. The van der Waals surface area contributed by atoms with Crippen LogP contribution in [0.3, 0.4) is 0 Å². The zero-order valence-electron chi connectivity index (χ0n) is 11.4. The minimum Gasteiger partial charge on any atom is -0.296 e. The average Bonchev–Trinajstić information content (AvgIpc) is 3.09. The molecule has 1 aliphatic heterocycles. The lowest BCUT2D eigenvalue weighted by molar-refractivity contribution is -0.142. The van der Waals surface area contributed by atoms with Gasteiger partial charge in [-0.15, -0.1) is 0 Å². The summed E-state index contributed by atoms with van der Waals surface area (Å²) in [6.45, 7) is 4.31. The van der Waals surface area contributed by atoms with Gasteiger partial charge in [-0.05, 0) is 29.2 Å². The summed E-state index contributed by atoms with van der Waals surface area (Å²) < 4.78 is 0. The Morgan fingerprint density at radius 1 is 1.11 bits per heavy atom. The highest BCUT2D eigenvalue weighted by atomic mass is 16.2. The summed E-state index contributed by atoms with van der Waals surface area (Å²) >= 11 is 0. The molecule has 2 atom stereocenters. The smallest absolute Gasteiger partial charge is 0.234 e. The van der Waals surface area contributed by atoms with Crippen LogP contribution in [0, 0.1) is 10.8 Å². The molecule has 1 aromatic rings. The Morgan fingerprint density at radius 3 is 2.32 bits per heavy atom. The Bertz CT molecular complexity index is 533. The van der Waals surface area contributed by atoms with Crippen LogP contribution in [0.25, 0.3) is 0 Å². The van der Waals surface area contributed by atoms with E-state index in [2.05, 4.69) is 19.2 Å². The van der Waals surface area contributed by atoms with Crippen molar-refractivity contribution in [1.82, 2.24) is 5.32 Å². The Morgan fingerprint density at radius 2 is 1.74 bits per heavy atom. The lowest BCUT2D eigenvalue weighted by Crippen LogP contribution is -2.52. The van der Waals surface area contributed by atoms with Crippen LogP contribution in [-0.4, -0.2) is 11.8 Å². The Balaban J connectivity index is 2.08.